The number of nitrogens with zero attached hydrogens (tertiary/aromatic N) is 2. The van der Waals surface area contributed by atoms with Crippen molar-refractivity contribution in [1.82, 2.24) is 15.5 Å². The van der Waals surface area contributed by atoms with Crippen molar-refractivity contribution >= 4 is 17.5 Å². The van der Waals surface area contributed by atoms with Gasteiger partial charge in [-0.25, -0.2) is 13.2 Å². The number of piperazine rings is 1. The molecule has 9 heteroatoms. The second kappa shape index (κ2) is 8.16. The second-order valence-electron chi connectivity index (χ2n) is 6.88. The highest BCUT2D eigenvalue weighted by Gasteiger charge is 2.42. The summed E-state index contributed by atoms with van der Waals surface area (Å²) in [5.41, 5.74) is 0.914. The summed E-state index contributed by atoms with van der Waals surface area (Å²) in [6.45, 7) is 2.00. The highest BCUT2D eigenvalue weighted by Crippen LogP contribution is 2.25. The zero-order chi connectivity index (χ0) is 19.4. The number of halogens is 3. The van der Waals surface area contributed by atoms with E-state index < -0.39 is 30.8 Å². The molecule has 1 aromatic rings. The van der Waals surface area contributed by atoms with E-state index in [2.05, 4.69) is 15.5 Å². The van der Waals surface area contributed by atoms with Gasteiger partial charge in [-0.05, 0) is 24.3 Å². The largest absolute Gasteiger partial charge is 0.368 e. The van der Waals surface area contributed by atoms with Crippen molar-refractivity contribution < 1.29 is 22.8 Å². The first-order valence-electron chi connectivity index (χ1n) is 9.01. The van der Waals surface area contributed by atoms with Gasteiger partial charge in [-0.15, -0.1) is 0 Å². The molecule has 2 heterocycles. The quantitative estimate of drug-likeness (QED) is 0.795. The summed E-state index contributed by atoms with van der Waals surface area (Å²) >= 11 is 0. The Labute approximate surface area is 155 Å². The standard InChI is InChI=1S/C18H23F3N4O2/c19-13-1-3-14(4-2-13)24-7-9-25(10-8-24)16(26)5-6-22-17(27)15-11-18(20,21)12-23-15/h1-4,15,23H,5-12H2,(H,22,27). The fourth-order valence-electron chi connectivity index (χ4n) is 3.34. The van der Waals surface area contributed by atoms with Crippen LogP contribution < -0.4 is 15.5 Å². The highest BCUT2D eigenvalue weighted by atomic mass is 19.3. The molecule has 2 aliphatic heterocycles. The van der Waals surface area contributed by atoms with Crippen LogP contribution >= 0.6 is 0 Å². The molecule has 0 saturated carbocycles. The van der Waals surface area contributed by atoms with E-state index in [4.69, 9.17) is 0 Å². The van der Waals surface area contributed by atoms with Crippen LogP contribution in [-0.2, 0) is 9.59 Å². The van der Waals surface area contributed by atoms with Crippen molar-refractivity contribution in [3.8, 4) is 0 Å². The van der Waals surface area contributed by atoms with E-state index in [1.807, 2.05) is 0 Å². The summed E-state index contributed by atoms with van der Waals surface area (Å²) in [6.07, 6.45) is -0.385. The Morgan fingerprint density at radius 2 is 1.81 bits per heavy atom. The predicted octanol–water partition coefficient (Wildman–Crippen LogP) is 0.978. The molecular weight excluding hydrogens is 361 g/mol. The van der Waals surface area contributed by atoms with Gasteiger partial charge in [0.2, 0.25) is 11.8 Å². The summed E-state index contributed by atoms with van der Waals surface area (Å²) in [6, 6.07) is 5.33. The molecule has 0 aromatic heterocycles. The Hall–Kier alpha value is -2.29. The number of benzene rings is 1. The summed E-state index contributed by atoms with van der Waals surface area (Å²) in [5.74, 6) is -3.73. The molecule has 2 aliphatic rings. The molecule has 2 amide bonds. The van der Waals surface area contributed by atoms with Crippen LogP contribution in [0.5, 0.6) is 0 Å². The third kappa shape index (κ3) is 5.12. The van der Waals surface area contributed by atoms with Gasteiger partial charge in [0.1, 0.15) is 5.82 Å². The molecule has 27 heavy (non-hydrogen) atoms. The van der Waals surface area contributed by atoms with Crippen LogP contribution in [0.3, 0.4) is 0 Å². The van der Waals surface area contributed by atoms with Gasteiger partial charge in [0.15, 0.2) is 0 Å². The van der Waals surface area contributed by atoms with Crippen LogP contribution in [0, 0.1) is 5.82 Å². The fraction of sp³-hybridized carbons (Fsp3) is 0.556. The number of rotatable bonds is 5. The normalized spacial score (nSPS) is 22.0. The van der Waals surface area contributed by atoms with E-state index in [1.165, 1.54) is 12.1 Å². The number of carbonyl (C=O) groups excluding carboxylic acids is 2. The van der Waals surface area contributed by atoms with Gasteiger partial charge < -0.3 is 15.1 Å². The van der Waals surface area contributed by atoms with Crippen LogP contribution in [-0.4, -0.2) is 67.9 Å². The van der Waals surface area contributed by atoms with Crippen LogP contribution in [0.25, 0.3) is 0 Å². The van der Waals surface area contributed by atoms with Crippen molar-refractivity contribution in [3.05, 3.63) is 30.1 Å². The Bertz CT molecular complexity index is 676. The van der Waals surface area contributed by atoms with Gasteiger partial charge in [-0.3, -0.25) is 14.9 Å². The van der Waals surface area contributed by atoms with Gasteiger partial charge in [-0.1, -0.05) is 0 Å². The van der Waals surface area contributed by atoms with Crippen molar-refractivity contribution in [2.75, 3.05) is 44.2 Å². The molecule has 1 unspecified atom stereocenters. The van der Waals surface area contributed by atoms with Gasteiger partial charge >= 0.3 is 0 Å². The number of carbonyl (C=O) groups is 2. The van der Waals surface area contributed by atoms with E-state index in [0.29, 0.717) is 26.2 Å². The van der Waals surface area contributed by atoms with Crippen molar-refractivity contribution in [1.29, 1.82) is 0 Å². The highest BCUT2D eigenvalue weighted by molar-refractivity contribution is 5.83. The molecule has 0 spiro atoms. The number of alkyl halides is 2. The molecule has 0 bridgehead atoms. The summed E-state index contributed by atoms with van der Waals surface area (Å²) < 4.78 is 39.2. The summed E-state index contributed by atoms with van der Waals surface area (Å²) in [5, 5.41) is 5.03. The summed E-state index contributed by atoms with van der Waals surface area (Å²) in [7, 11) is 0. The van der Waals surface area contributed by atoms with Crippen LogP contribution in [0.1, 0.15) is 12.8 Å². The average molecular weight is 384 g/mol. The zero-order valence-corrected chi connectivity index (χ0v) is 14.9. The molecule has 1 aromatic carbocycles. The predicted molar refractivity (Wildman–Crippen MR) is 94.2 cm³/mol. The second-order valence-corrected chi connectivity index (χ2v) is 6.88. The van der Waals surface area contributed by atoms with Gasteiger partial charge in [0.25, 0.3) is 5.92 Å². The van der Waals surface area contributed by atoms with Crippen LogP contribution in [0.2, 0.25) is 0 Å². The zero-order valence-electron chi connectivity index (χ0n) is 14.9. The summed E-state index contributed by atoms with van der Waals surface area (Å²) in [4.78, 5) is 27.9. The van der Waals surface area contributed by atoms with Crippen LogP contribution in [0.15, 0.2) is 24.3 Å². The van der Waals surface area contributed by atoms with Crippen LogP contribution in [0.4, 0.5) is 18.9 Å². The SMILES string of the molecule is O=C(NCCC(=O)N1CCN(c2ccc(F)cc2)CC1)C1CC(F)(F)CN1. The molecule has 6 nitrogen and oxygen atoms in total. The first kappa shape index (κ1) is 19.5. The minimum absolute atomic E-state index is 0.0845. The Morgan fingerprint density at radius 3 is 2.41 bits per heavy atom. The number of anilines is 1. The molecule has 2 fully saturated rings. The molecule has 0 aliphatic carbocycles. The maximum Gasteiger partial charge on any atom is 0.262 e. The van der Waals surface area contributed by atoms with Gasteiger partial charge in [-0.2, -0.15) is 0 Å². The number of nitrogens with one attached hydrogen (secondary N) is 2. The van der Waals surface area contributed by atoms with E-state index in [0.717, 1.165) is 5.69 Å². The lowest BCUT2D eigenvalue weighted by atomic mass is 10.2. The average Bonchev–Trinajstić information content (AvgIpc) is 3.02. The lowest BCUT2D eigenvalue weighted by Crippen LogP contribution is -2.49. The fourth-order valence-corrected chi connectivity index (χ4v) is 3.34. The minimum atomic E-state index is -2.86. The Balaban J connectivity index is 1.37. The molecule has 3 rings (SSSR count). The molecule has 0 radical (unpaired) electrons. The Morgan fingerprint density at radius 1 is 1.15 bits per heavy atom. The maximum atomic E-state index is 13.1. The van der Waals surface area contributed by atoms with Gasteiger partial charge in [0, 0.05) is 51.3 Å². The number of hydrogen-bond acceptors (Lipinski definition) is 4. The third-order valence-electron chi connectivity index (χ3n) is 4.89. The Kier molecular flexibility index (Phi) is 5.88. The minimum Gasteiger partial charge on any atom is -0.368 e. The van der Waals surface area contributed by atoms with Crippen molar-refractivity contribution in [2.45, 2.75) is 24.8 Å². The van der Waals surface area contributed by atoms with E-state index >= 15 is 0 Å². The molecule has 148 valence electrons. The smallest absolute Gasteiger partial charge is 0.262 e. The van der Waals surface area contributed by atoms with E-state index in [1.54, 1.807) is 17.0 Å². The third-order valence-corrected chi connectivity index (χ3v) is 4.89. The van der Waals surface area contributed by atoms with Gasteiger partial charge in [0.05, 0.1) is 12.6 Å². The monoisotopic (exact) mass is 384 g/mol. The first-order valence-corrected chi connectivity index (χ1v) is 9.01. The molecule has 2 saturated heterocycles. The maximum absolute atomic E-state index is 13.1. The molecular formula is C18H23F3N4O2. The lowest BCUT2D eigenvalue weighted by Gasteiger charge is -2.36. The first-order chi connectivity index (χ1) is 12.8. The van der Waals surface area contributed by atoms with E-state index in [9.17, 15) is 22.8 Å². The number of hydrogen-bond donors (Lipinski definition) is 2. The van der Waals surface area contributed by atoms with Crippen molar-refractivity contribution in [2.24, 2.45) is 0 Å². The van der Waals surface area contributed by atoms with Crippen molar-refractivity contribution in [3.63, 3.8) is 0 Å². The lowest BCUT2D eigenvalue weighted by molar-refractivity contribution is -0.131. The number of amides is 2. The topological polar surface area (TPSA) is 64.7 Å². The molecule has 2 N–H and O–H groups in total. The van der Waals surface area contributed by atoms with E-state index in [-0.39, 0.29) is 24.7 Å². The molecule has 1 atom stereocenters.